The van der Waals surface area contributed by atoms with Crippen LogP contribution in [0.2, 0.25) is 0 Å². The van der Waals surface area contributed by atoms with Gasteiger partial charge in [-0.1, -0.05) is 160 Å². The van der Waals surface area contributed by atoms with Gasteiger partial charge in [0.2, 0.25) is 0 Å². The number of benzene rings is 5. The molecule has 1 atom stereocenters. The van der Waals surface area contributed by atoms with E-state index in [1.807, 2.05) is 0 Å². The van der Waals surface area contributed by atoms with Crippen molar-refractivity contribution >= 4 is 17.5 Å². The van der Waals surface area contributed by atoms with Crippen LogP contribution in [-0.2, 0) is 12.8 Å². The minimum Gasteiger partial charge on any atom is -0.314 e. The van der Waals surface area contributed by atoms with Gasteiger partial charge >= 0.3 is 0 Å². The molecule has 0 heterocycles. The average Bonchev–Trinajstić information content (AvgIpc) is 3.26. The van der Waals surface area contributed by atoms with Crippen LogP contribution >= 0.6 is 0 Å². The number of unbranched alkanes of at least 4 members (excludes halogenated alkanes) is 3. The first-order valence-electron chi connectivity index (χ1n) is 21.5. The Kier molecular flexibility index (Phi) is 13.7. The molecule has 0 aromatic heterocycles. The highest BCUT2D eigenvalue weighted by Crippen LogP contribution is 2.39. The Morgan fingerprint density at radius 1 is 0.679 bits per heavy atom. The van der Waals surface area contributed by atoms with Crippen LogP contribution < -0.4 is 4.90 Å². The number of aryl methyl sites for hydroxylation is 1. The van der Waals surface area contributed by atoms with Crippen molar-refractivity contribution in [2.24, 2.45) is 0 Å². The highest BCUT2D eigenvalue weighted by molar-refractivity contribution is 5.79. The van der Waals surface area contributed by atoms with Crippen molar-refractivity contribution in [1.29, 1.82) is 0 Å². The lowest BCUT2D eigenvalue weighted by atomic mass is 9.91. The monoisotopic (exact) mass is 735 g/mol. The number of hydrogen-bond donors (Lipinski definition) is 0. The van der Waals surface area contributed by atoms with Gasteiger partial charge in [-0.25, -0.2) is 0 Å². The summed E-state index contributed by atoms with van der Waals surface area (Å²) in [6.07, 6.45) is 27.2. The van der Waals surface area contributed by atoms with E-state index < -0.39 is 0 Å². The van der Waals surface area contributed by atoms with Gasteiger partial charge in [-0.05, 0) is 158 Å². The van der Waals surface area contributed by atoms with Crippen LogP contribution in [0.5, 0.6) is 0 Å². The van der Waals surface area contributed by atoms with Gasteiger partial charge in [0.1, 0.15) is 0 Å². The smallest absolute Gasteiger partial charge is 0.0464 e. The van der Waals surface area contributed by atoms with Gasteiger partial charge in [0.15, 0.2) is 0 Å². The Morgan fingerprint density at radius 3 is 2.23 bits per heavy atom. The lowest BCUT2D eigenvalue weighted by Gasteiger charge is -2.31. The van der Waals surface area contributed by atoms with Crippen LogP contribution in [0.1, 0.15) is 120 Å². The molecule has 0 N–H and O–H groups in total. The third kappa shape index (κ3) is 10.2. The Morgan fingerprint density at radius 2 is 1.45 bits per heavy atom. The minimum atomic E-state index is 0.572. The second-order valence-corrected chi connectivity index (χ2v) is 16.2. The quantitative estimate of drug-likeness (QED) is 0.0720. The summed E-state index contributed by atoms with van der Waals surface area (Å²) in [5, 5.41) is 0. The van der Waals surface area contributed by atoms with Gasteiger partial charge in [0.05, 0.1) is 0 Å². The number of hydrogen-bond acceptors (Lipinski definition) is 1. The molecule has 0 spiro atoms. The molecular weight excluding hydrogens is 675 g/mol. The van der Waals surface area contributed by atoms with E-state index in [0.717, 1.165) is 25.7 Å². The van der Waals surface area contributed by atoms with E-state index in [1.165, 1.54) is 119 Å². The van der Waals surface area contributed by atoms with Gasteiger partial charge in [-0.3, -0.25) is 0 Å². The maximum atomic E-state index is 2.50. The molecular formula is C55H61N. The van der Waals surface area contributed by atoms with Gasteiger partial charge in [0, 0.05) is 17.1 Å². The zero-order valence-electron chi connectivity index (χ0n) is 34.2. The molecule has 0 radical (unpaired) electrons. The summed E-state index contributed by atoms with van der Waals surface area (Å²) >= 11 is 0. The van der Waals surface area contributed by atoms with Gasteiger partial charge in [-0.15, -0.1) is 0 Å². The first-order valence-corrected chi connectivity index (χ1v) is 21.5. The number of anilines is 2. The average molecular weight is 736 g/mol. The van der Waals surface area contributed by atoms with E-state index in [1.54, 1.807) is 11.1 Å². The highest BCUT2D eigenvalue weighted by atomic mass is 15.1. The van der Waals surface area contributed by atoms with Crippen molar-refractivity contribution in [3.63, 3.8) is 0 Å². The van der Waals surface area contributed by atoms with Crippen molar-refractivity contribution in [3.8, 4) is 22.3 Å². The maximum Gasteiger partial charge on any atom is 0.0464 e. The van der Waals surface area contributed by atoms with Crippen molar-refractivity contribution in [1.82, 2.24) is 0 Å². The standard InChI is InChI=1S/C55H61N/c1-4-5-6-12-20-44-27-36-53(37-28-44)56(55-38-35-49-33-34-51(39-52(49)41-55)47-23-15-9-16-24-47)54-26-17-25-50(40-54)48-31-29-46(30-32-48)43(3)19-11-7-10-18-42(2)45-21-13-8-14-22-45/h6,8-9,12-13,15-17,23-34,36-37,39-41,43H,4-5,7,10-11,14,18-22,35,38H2,1-3H3/b12-6-,45-42-. The van der Waals surface area contributed by atoms with E-state index in [4.69, 9.17) is 0 Å². The Labute approximate surface area is 338 Å². The Balaban J connectivity index is 1.09. The molecule has 286 valence electrons. The number of rotatable bonds is 16. The summed E-state index contributed by atoms with van der Waals surface area (Å²) in [6.45, 7) is 7.00. The van der Waals surface area contributed by atoms with E-state index >= 15 is 0 Å². The first kappa shape index (κ1) is 39.1. The predicted octanol–water partition coefficient (Wildman–Crippen LogP) is 16.2. The minimum absolute atomic E-state index is 0.572. The molecule has 0 saturated heterocycles. The molecule has 2 aliphatic carbocycles. The number of allylic oxidation sites excluding steroid dienone is 7. The zero-order valence-corrected chi connectivity index (χ0v) is 34.2. The molecule has 56 heavy (non-hydrogen) atoms. The predicted molar refractivity (Wildman–Crippen MR) is 244 cm³/mol. The summed E-state index contributed by atoms with van der Waals surface area (Å²) < 4.78 is 0. The summed E-state index contributed by atoms with van der Waals surface area (Å²) in [5.41, 5.74) is 17.7. The van der Waals surface area contributed by atoms with Gasteiger partial charge < -0.3 is 4.90 Å². The molecule has 0 bridgehead atoms. The second kappa shape index (κ2) is 19.6. The molecule has 0 fully saturated rings. The molecule has 5 aromatic rings. The Bertz CT molecular complexity index is 2140. The van der Waals surface area contributed by atoms with E-state index in [0.29, 0.717) is 5.92 Å². The largest absolute Gasteiger partial charge is 0.314 e. The molecule has 2 aliphatic rings. The summed E-state index contributed by atoms with van der Waals surface area (Å²) in [5.74, 6) is 0.572. The van der Waals surface area contributed by atoms with Crippen molar-refractivity contribution < 1.29 is 0 Å². The molecule has 1 nitrogen and oxygen atoms in total. The van der Waals surface area contributed by atoms with Crippen LogP contribution in [0.15, 0.2) is 162 Å². The molecule has 1 unspecified atom stereocenters. The van der Waals surface area contributed by atoms with Crippen molar-refractivity contribution in [2.75, 3.05) is 4.90 Å². The molecule has 0 saturated carbocycles. The molecule has 0 amide bonds. The fraction of sp³-hybridized carbons (Fsp3) is 0.309. The van der Waals surface area contributed by atoms with Crippen molar-refractivity contribution in [2.45, 2.75) is 110 Å². The van der Waals surface area contributed by atoms with Crippen LogP contribution in [0.25, 0.3) is 28.3 Å². The van der Waals surface area contributed by atoms with Gasteiger partial charge in [-0.2, -0.15) is 0 Å². The van der Waals surface area contributed by atoms with Crippen LogP contribution in [0.4, 0.5) is 11.4 Å². The van der Waals surface area contributed by atoms with E-state index in [9.17, 15) is 0 Å². The summed E-state index contributed by atoms with van der Waals surface area (Å²) in [4.78, 5) is 2.50. The molecule has 5 aromatic carbocycles. The van der Waals surface area contributed by atoms with E-state index in [2.05, 4.69) is 177 Å². The second-order valence-electron chi connectivity index (χ2n) is 16.2. The molecule has 7 rings (SSSR count). The summed E-state index contributed by atoms with van der Waals surface area (Å²) in [7, 11) is 0. The topological polar surface area (TPSA) is 3.24 Å². The SMILES string of the molecule is CCC/C=C\Cc1ccc(N(C2=Cc3cc(-c4ccccc4)ccc3CC2)c2cccc(-c3ccc(C(C)CCCCC/C(C)=C4/CC=CCC4)cc3)c2)cc1. The Hall–Kier alpha value is -5.14. The third-order valence-corrected chi connectivity index (χ3v) is 12.0. The number of fused-ring (bicyclic) bond motifs is 1. The van der Waals surface area contributed by atoms with Crippen LogP contribution in [0, 0.1) is 0 Å². The zero-order chi connectivity index (χ0) is 38.5. The first-order chi connectivity index (χ1) is 27.6. The highest BCUT2D eigenvalue weighted by Gasteiger charge is 2.20. The third-order valence-electron chi connectivity index (χ3n) is 12.0. The van der Waals surface area contributed by atoms with E-state index in [-0.39, 0.29) is 0 Å². The lowest BCUT2D eigenvalue weighted by Crippen LogP contribution is -2.19. The van der Waals surface area contributed by atoms with Crippen LogP contribution in [-0.4, -0.2) is 0 Å². The maximum absolute atomic E-state index is 2.50. The number of nitrogens with zero attached hydrogens (tertiary/aromatic N) is 1. The molecule has 0 aliphatic heterocycles. The normalized spacial score (nSPS) is 15.4. The van der Waals surface area contributed by atoms with Crippen molar-refractivity contribution in [3.05, 3.63) is 185 Å². The van der Waals surface area contributed by atoms with Gasteiger partial charge in [0.25, 0.3) is 0 Å². The molecule has 1 heteroatoms. The summed E-state index contributed by atoms with van der Waals surface area (Å²) in [6, 6.07) is 45.6. The van der Waals surface area contributed by atoms with Crippen LogP contribution in [0.3, 0.4) is 0 Å². The fourth-order valence-corrected chi connectivity index (χ4v) is 8.50. The lowest BCUT2D eigenvalue weighted by molar-refractivity contribution is 0.582. The fourth-order valence-electron chi connectivity index (χ4n) is 8.50.